The molecule has 66 valence electrons. The second-order valence-electron chi connectivity index (χ2n) is 3.20. The zero-order chi connectivity index (χ0) is 8.97. The van der Waals surface area contributed by atoms with Crippen molar-refractivity contribution in [2.45, 2.75) is 26.3 Å². The second-order valence-corrected chi connectivity index (χ2v) is 3.20. The van der Waals surface area contributed by atoms with Crippen LogP contribution in [-0.2, 0) is 0 Å². The van der Waals surface area contributed by atoms with Crippen LogP contribution in [-0.4, -0.2) is 4.98 Å². The van der Waals surface area contributed by atoms with E-state index in [1.54, 1.807) is 6.20 Å². The van der Waals surface area contributed by atoms with E-state index in [1.165, 1.54) is 0 Å². The third-order valence-corrected chi connectivity index (χ3v) is 2.33. The number of rotatable bonds is 3. The van der Waals surface area contributed by atoms with E-state index in [2.05, 4.69) is 18.8 Å². The molecule has 2 N–H and O–H groups in total. The molecule has 0 aromatic carbocycles. The minimum atomic E-state index is 0.128. The van der Waals surface area contributed by atoms with E-state index < -0.39 is 0 Å². The fourth-order valence-corrected chi connectivity index (χ4v) is 1.16. The maximum absolute atomic E-state index is 6.01. The summed E-state index contributed by atoms with van der Waals surface area (Å²) < 4.78 is 0. The molecule has 0 fully saturated rings. The Morgan fingerprint density at radius 2 is 2.33 bits per heavy atom. The van der Waals surface area contributed by atoms with E-state index in [9.17, 15) is 0 Å². The molecule has 2 nitrogen and oxygen atoms in total. The predicted molar refractivity (Wildman–Crippen MR) is 50.6 cm³/mol. The van der Waals surface area contributed by atoms with Crippen LogP contribution in [0.5, 0.6) is 0 Å². The van der Waals surface area contributed by atoms with Crippen LogP contribution in [0, 0.1) is 5.92 Å². The molecule has 12 heavy (non-hydrogen) atoms. The fourth-order valence-electron chi connectivity index (χ4n) is 1.16. The van der Waals surface area contributed by atoms with Gasteiger partial charge >= 0.3 is 0 Å². The van der Waals surface area contributed by atoms with Crippen LogP contribution in [0.3, 0.4) is 0 Å². The van der Waals surface area contributed by atoms with Gasteiger partial charge in [-0.15, -0.1) is 0 Å². The molecule has 2 unspecified atom stereocenters. The highest BCUT2D eigenvalue weighted by Crippen LogP contribution is 2.20. The van der Waals surface area contributed by atoms with E-state index in [0.29, 0.717) is 5.92 Å². The van der Waals surface area contributed by atoms with Crippen molar-refractivity contribution in [2.24, 2.45) is 11.7 Å². The standard InChI is InChI=1S/C10H16N2/c1-3-8(2)10(11)9-5-4-6-12-7-9/h4-8,10H,3,11H2,1-2H3. The third kappa shape index (κ3) is 2.05. The molecule has 0 aliphatic carbocycles. The maximum atomic E-state index is 6.01. The third-order valence-electron chi connectivity index (χ3n) is 2.33. The van der Waals surface area contributed by atoms with Gasteiger partial charge < -0.3 is 5.73 Å². The van der Waals surface area contributed by atoms with Crippen molar-refractivity contribution in [3.8, 4) is 0 Å². The van der Waals surface area contributed by atoms with Crippen molar-refractivity contribution in [3.63, 3.8) is 0 Å². The number of hydrogen-bond acceptors (Lipinski definition) is 2. The summed E-state index contributed by atoms with van der Waals surface area (Å²) in [7, 11) is 0. The zero-order valence-corrected chi connectivity index (χ0v) is 7.70. The fraction of sp³-hybridized carbons (Fsp3) is 0.500. The minimum Gasteiger partial charge on any atom is -0.324 e. The van der Waals surface area contributed by atoms with Gasteiger partial charge in [0.1, 0.15) is 0 Å². The zero-order valence-electron chi connectivity index (χ0n) is 7.70. The number of nitrogens with zero attached hydrogens (tertiary/aromatic N) is 1. The van der Waals surface area contributed by atoms with E-state index in [4.69, 9.17) is 5.73 Å². The number of aromatic nitrogens is 1. The molecule has 2 heteroatoms. The van der Waals surface area contributed by atoms with Gasteiger partial charge in [-0.3, -0.25) is 4.98 Å². The average molecular weight is 164 g/mol. The van der Waals surface area contributed by atoms with Gasteiger partial charge in [-0.25, -0.2) is 0 Å². The molecule has 1 aromatic rings. The van der Waals surface area contributed by atoms with Gasteiger partial charge in [-0.1, -0.05) is 26.3 Å². The summed E-state index contributed by atoms with van der Waals surface area (Å²) in [6.07, 6.45) is 4.72. The van der Waals surface area contributed by atoms with Crippen molar-refractivity contribution in [1.29, 1.82) is 0 Å². The van der Waals surface area contributed by atoms with Crippen LogP contribution in [0.1, 0.15) is 31.9 Å². The molecule has 0 spiro atoms. The van der Waals surface area contributed by atoms with Crippen LogP contribution in [0.2, 0.25) is 0 Å². The van der Waals surface area contributed by atoms with Gasteiger partial charge in [0.05, 0.1) is 0 Å². The van der Waals surface area contributed by atoms with Gasteiger partial charge in [0.25, 0.3) is 0 Å². The quantitative estimate of drug-likeness (QED) is 0.743. The first-order chi connectivity index (χ1) is 5.75. The van der Waals surface area contributed by atoms with Crippen molar-refractivity contribution in [2.75, 3.05) is 0 Å². The molecule has 0 bridgehead atoms. The summed E-state index contributed by atoms with van der Waals surface area (Å²) >= 11 is 0. The lowest BCUT2D eigenvalue weighted by Crippen LogP contribution is -2.18. The Bertz CT molecular complexity index is 221. The summed E-state index contributed by atoms with van der Waals surface area (Å²) in [6.45, 7) is 4.32. The highest BCUT2D eigenvalue weighted by atomic mass is 14.7. The van der Waals surface area contributed by atoms with Gasteiger partial charge in [0, 0.05) is 18.4 Å². The van der Waals surface area contributed by atoms with E-state index >= 15 is 0 Å². The predicted octanol–water partition coefficient (Wildman–Crippen LogP) is 2.13. The SMILES string of the molecule is CCC(C)C(N)c1cccnc1. The Morgan fingerprint density at radius 3 is 2.83 bits per heavy atom. The van der Waals surface area contributed by atoms with Gasteiger partial charge in [-0.2, -0.15) is 0 Å². The Balaban J connectivity index is 2.71. The normalized spacial score (nSPS) is 15.6. The van der Waals surface area contributed by atoms with E-state index in [-0.39, 0.29) is 6.04 Å². The second kappa shape index (κ2) is 4.21. The largest absolute Gasteiger partial charge is 0.324 e. The molecular weight excluding hydrogens is 148 g/mol. The van der Waals surface area contributed by atoms with Crippen molar-refractivity contribution in [3.05, 3.63) is 30.1 Å². The monoisotopic (exact) mass is 164 g/mol. The van der Waals surface area contributed by atoms with Gasteiger partial charge in [-0.05, 0) is 17.5 Å². The van der Waals surface area contributed by atoms with E-state index in [1.807, 2.05) is 18.3 Å². The molecule has 1 aromatic heterocycles. The van der Waals surface area contributed by atoms with Gasteiger partial charge in [0.2, 0.25) is 0 Å². The minimum absolute atomic E-state index is 0.128. The molecule has 0 amide bonds. The lowest BCUT2D eigenvalue weighted by Gasteiger charge is -2.17. The molecule has 2 atom stereocenters. The molecule has 1 heterocycles. The van der Waals surface area contributed by atoms with Crippen LogP contribution >= 0.6 is 0 Å². The topological polar surface area (TPSA) is 38.9 Å². The summed E-state index contributed by atoms with van der Waals surface area (Å²) in [5.74, 6) is 0.522. The molecule has 0 radical (unpaired) electrons. The molecule has 0 saturated heterocycles. The summed E-state index contributed by atoms with van der Waals surface area (Å²) in [5.41, 5.74) is 7.14. The smallest absolute Gasteiger partial charge is 0.0336 e. The van der Waals surface area contributed by atoms with Crippen LogP contribution in [0.4, 0.5) is 0 Å². The Hall–Kier alpha value is -0.890. The first-order valence-corrected chi connectivity index (χ1v) is 4.41. The molecule has 0 aliphatic rings. The lowest BCUT2D eigenvalue weighted by molar-refractivity contribution is 0.456. The van der Waals surface area contributed by atoms with Crippen molar-refractivity contribution >= 4 is 0 Å². The first-order valence-electron chi connectivity index (χ1n) is 4.41. The molecular formula is C10H16N2. The van der Waals surface area contributed by atoms with Gasteiger partial charge in [0.15, 0.2) is 0 Å². The first kappa shape index (κ1) is 9.20. The molecule has 0 aliphatic heterocycles. The lowest BCUT2D eigenvalue weighted by atomic mass is 9.95. The van der Waals surface area contributed by atoms with Crippen molar-refractivity contribution < 1.29 is 0 Å². The highest BCUT2D eigenvalue weighted by molar-refractivity contribution is 5.13. The summed E-state index contributed by atoms with van der Waals surface area (Å²) in [6, 6.07) is 4.09. The number of pyridine rings is 1. The Labute approximate surface area is 73.8 Å². The van der Waals surface area contributed by atoms with Crippen LogP contribution in [0.25, 0.3) is 0 Å². The number of nitrogens with two attached hydrogens (primary N) is 1. The summed E-state index contributed by atoms with van der Waals surface area (Å²) in [4.78, 5) is 4.04. The maximum Gasteiger partial charge on any atom is 0.0336 e. The highest BCUT2D eigenvalue weighted by Gasteiger charge is 2.12. The molecule has 1 rings (SSSR count). The van der Waals surface area contributed by atoms with E-state index in [0.717, 1.165) is 12.0 Å². The summed E-state index contributed by atoms with van der Waals surface area (Å²) in [5, 5.41) is 0. The van der Waals surface area contributed by atoms with Crippen LogP contribution in [0.15, 0.2) is 24.5 Å². The van der Waals surface area contributed by atoms with Crippen LogP contribution < -0.4 is 5.73 Å². The average Bonchev–Trinajstić information content (AvgIpc) is 2.17. The Morgan fingerprint density at radius 1 is 1.58 bits per heavy atom. The van der Waals surface area contributed by atoms with Crippen molar-refractivity contribution in [1.82, 2.24) is 4.98 Å². The Kier molecular flexibility index (Phi) is 3.23. The number of hydrogen-bond donors (Lipinski definition) is 1. The molecule has 0 saturated carbocycles.